The van der Waals surface area contributed by atoms with Crippen molar-refractivity contribution >= 4 is 11.3 Å². The summed E-state index contributed by atoms with van der Waals surface area (Å²) in [6.07, 6.45) is -0.0406. The van der Waals surface area contributed by atoms with Crippen LogP contribution in [0.4, 0.5) is 0 Å². The molecule has 0 radical (unpaired) electrons. The minimum absolute atomic E-state index is 0.0406. The van der Waals surface area contributed by atoms with Gasteiger partial charge in [0, 0.05) is 11.4 Å². The van der Waals surface area contributed by atoms with Crippen LogP contribution in [0.5, 0.6) is 5.75 Å². The van der Waals surface area contributed by atoms with Crippen molar-refractivity contribution in [1.29, 1.82) is 0 Å². The molecule has 16 heavy (non-hydrogen) atoms. The maximum absolute atomic E-state index is 5.92. The lowest BCUT2D eigenvalue weighted by molar-refractivity contribution is 0.216. The van der Waals surface area contributed by atoms with E-state index < -0.39 is 0 Å². The molecule has 0 aliphatic carbocycles. The molecule has 1 atom stereocenters. The molecule has 0 aliphatic heterocycles. The monoisotopic (exact) mass is 233 g/mol. The van der Waals surface area contributed by atoms with Gasteiger partial charge in [-0.3, -0.25) is 0 Å². The van der Waals surface area contributed by atoms with E-state index in [1.807, 2.05) is 42.6 Å². The molecule has 84 valence electrons. The van der Waals surface area contributed by atoms with Crippen LogP contribution >= 0.6 is 11.3 Å². The third-order valence-corrected chi connectivity index (χ3v) is 3.40. The minimum Gasteiger partial charge on any atom is -0.483 e. The zero-order chi connectivity index (χ0) is 11.4. The molecule has 0 aliphatic rings. The molecule has 0 fully saturated rings. The molecule has 1 heterocycles. The second-order valence-corrected chi connectivity index (χ2v) is 4.60. The maximum Gasteiger partial charge on any atom is 0.145 e. The number of benzene rings is 1. The fourth-order valence-corrected chi connectivity index (χ4v) is 2.31. The summed E-state index contributed by atoms with van der Waals surface area (Å²) < 4.78 is 5.92. The molecule has 3 heteroatoms. The van der Waals surface area contributed by atoms with Gasteiger partial charge < -0.3 is 10.5 Å². The largest absolute Gasteiger partial charge is 0.483 e. The van der Waals surface area contributed by atoms with Crippen LogP contribution in [0.25, 0.3) is 0 Å². The Morgan fingerprint density at radius 2 is 2.06 bits per heavy atom. The Morgan fingerprint density at radius 1 is 1.25 bits per heavy atom. The van der Waals surface area contributed by atoms with Gasteiger partial charge >= 0.3 is 0 Å². The van der Waals surface area contributed by atoms with E-state index in [-0.39, 0.29) is 6.10 Å². The third-order valence-electron chi connectivity index (χ3n) is 2.44. The molecule has 2 nitrogen and oxygen atoms in total. The first kappa shape index (κ1) is 11.2. The number of nitrogens with two attached hydrogens (primary N) is 1. The zero-order valence-electron chi connectivity index (χ0n) is 9.22. The van der Waals surface area contributed by atoms with E-state index in [0.29, 0.717) is 6.54 Å². The van der Waals surface area contributed by atoms with Crippen LogP contribution in [-0.2, 0) is 0 Å². The van der Waals surface area contributed by atoms with Gasteiger partial charge in [0.25, 0.3) is 0 Å². The highest BCUT2D eigenvalue weighted by atomic mass is 32.1. The smallest absolute Gasteiger partial charge is 0.145 e. The van der Waals surface area contributed by atoms with Crippen molar-refractivity contribution < 1.29 is 4.74 Å². The van der Waals surface area contributed by atoms with Gasteiger partial charge in [0.1, 0.15) is 11.9 Å². The van der Waals surface area contributed by atoms with Gasteiger partial charge in [-0.15, -0.1) is 11.3 Å². The van der Waals surface area contributed by atoms with E-state index in [4.69, 9.17) is 10.5 Å². The fraction of sp³-hybridized carbons (Fsp3) is 0.231. The van der Waals surface area contributed by atoms with E-state index in [9.17, 15) is 0 Å². The van der Waals surface area contributed by atoms with Crippen LogP contribution in [0, 0.1) is 6.92 Å². The first-order valence-corrected chi connectivity index (χ1v) is 6.15. The molecule has 2 aromatic rings. The fourth-order valence-electron chi connectivity index (χ4n) is 1.54. The van der Waals surface area contributed by atoms with Crippen molar-refractivity contribution in [1.82, 2.24) is 0 Å². The second kappa shape index (κ2) is 5.14. The number of ether oxygens (including phenoxy) is 1. The second-order valence-electron chi connectivity index (χ2n) is 3.62. The lowest BCUT2D eigenvalue weighted by atomic mass is 10.2. The summed E-state index contributed by atoms with van der Waals surface area (Å²) in [5, 5.41) is 2.04. The first-order valence-electron chi connectivity index (χ1n) is 5.27. The van der Waals surface area contributed by atoms with Gasteiger partial charge in [-0.25, -0.2) is 0 Å². The number of hydrogen-bond acceptors (Lipinski definition) is 3. The molecular formula is C13H15NOS. The predicted molar refractivity (Wildman–Crippen MR) is 67.9 cm³/mol. The topological polar surface area (TPSA) is 35.2 Å². The van der Waals surface area contributed by atoms with E-state index >= 15 is 0 Å². The lowest BCUT2D eigenvalue weighted by Gasteiger charge is -2.17. The maximum atomic E-state index is 5.92. The highest BCUT2D eigenvalue weighted by Crippen LogP contribution is 2.26. The van der Waals surface area contributed by atoms with Gasteiger partial charge in [0.2, 0.25) is 0 Å². The van der Waals surface area contributed by atoms with Crippen LogP contribution in [0.3, 0.4) is 0 Å². The highest BCUT2D eigenvalue weighted by molar-refractivity contribution is 7.10. The Labute approximate surface area is 99.7 Å². The lowest BCUT2D eigenvalue weighted by Crippen LogP contribution is -2.17. The summed E-state index contributed by atoms with van der Waals surface area (Å²) in [4.78, 5) is 1.17. The predicted octanol–water partition coefficient (Wildman–Crippen LogP) is 3.14. The summed E-state index contributed by atoms with van der Waals surface area (Å²) in [5.41, 5.74) is 6.88. The summed E-state index contributed by atoms with van der Waals surface area (Å²) in [5.74, 6) is 0.909. The van der Waals surface area contributed by atoms with Crippen molar-refractivity contribution in [2.45, 2.75) is 13.0 Å². The van der Waals surface area contributed by atoms with Gasteiger partial charge in [-0.05, 0) is 30.0 Å². The van der Waals surface area contributed by atoms with Crippen molar-refractivity contribution in [2.24, 2.45) is 5.73 Å². The number of rotatable bonds is 4. The third kappa shape index (κ3) is 2.43. The molecular weight excluding hydrogens is 218 g/mol. The summed E-state index contributed by atoms with van der Waals surface area (Å²) in [6, 6.07) is 12.1. The Bertz CT molecular complexity index is 439. The SMILES string of the molecule is Cc1ccccc1OC(CN)c1cccs1. The number of aryl methyl sites for hydroxylation is 1. The molecule has 2 rings (SSSR count). The quantitative estimate of drug-likeness (QED) is 0.880. The number of hydrogen-bond donors (Lipinski definition) is 1. The Morgan fingerprint density at radius 3 is 2.69 bits per heavy atom. The summed E-state index contributed by atoms with van der Waals surface area (Å²) >= 11 is 1.68. The average molecular weight is 233 g/mol. The molecule has 0 amide bonds. The van der Waals surface area contributed by atoms with Crippen LogP contribution < -0.4 is 10.5 Å². The van der Waals surface area contributed by atoms with Crippen LogP contribution in [0.15, 0.2) is 41.8 Å². The van der Waals surface area contributed by atoms with E-state index in [0.717, 1.165) is 11.3 Å². The molecule has 2 N–H and O–H groups in total. The number of para-hydroxylation sites is 1. The normalized spacial score (nSPS) is 12.4. The van der Waals surface area contributed by atoms with Crippen molar-refractivity contribution in [3.8, 4) is 5.75 Å². The van der Waals surface area contributed by atoms with Crippen molar-refractivity contribution in [3.63, 3.8) is 0 Å². The van der Waals surface area contributed by atoms with Crippen molar-refractivity contribution in [3.05, 3.63) is 52.2 Å². The highest BCUT2D eigenvalue weighted by Gasteiger charge is 2.13. The van der Waals surface area contributed by atoms with Gasteiger partial charge in [-0.1, -0.05) is 24.3 Å². The molecule has 1 aromatic carbocycles. The Hall–Kier alpha value is -1.32. The minimum atomic E-state index is -0.0406. The van der Waals surface area contributed by atoms with Gasteiger partial charge in [0.05, 0.1) is 0 Å². The molecule has 0 saturated heterocycles. The molecule has 0 saturated carbocycles. The van der Waals surface area contributed by atoms with Crippen LogP contribution in [0.2, 0.25) is 0 Å². The molecule has 0 spiro atoms. The first-order chi connectivity index (χ1) is 7.81. The van der Waals surface area contributed by atoms with Crippen LogP contribution in [0.1, 0.15) is 16.5 Å². The van der Waals surface area contributed by atoms with Gasteiger partial charge in [0.15, 0.2) is 0 Å². The average Bonchev–Trinajstić information content (AvgIpc) is 2.81. The van der Waals surface area contributed by atoms with E-state index in [2.05, 4.69) is 6.07 Å². The van der Waals surface area contributed by atoms with Crippen LogP contribution in [-0.4, -0.2) is 6.54 Å². The van der Waals surface area contributed by atoms with E-state index in [1.54, 1.807) is 11.3 Å². The van der Waals surface area contributed by atoms with E-state index in [1.165, 1.54) is 4.88 Å². The number of thiophene rings is 1. The summed E-state index contributed by atoms with van der Waals surface area (Å²) in [7, 11) is 0. The Balaban J connectivity index is 2.17. The molecule has 1 unspecified atom stereocenters. The molecule has 1 aromatic heterocycles. The molecule has 0 bridgehead atoms. The zero-order valence-corrected chi connectivity index (χ0v) is 10.0. The standard InChI is InChI=1S/C13H15NOS/c1-10-5-2-3-6-11(10)15-12(9-14)13-7-4-8-16-13/h2-8,12H,9,14H2,1H3. The summed E-state index contributed by atoms with van der Waals surface area (Å²) in [6.45, 7) is 2.53. The van der Waals surface area contributed by atoms with Crippen molar-refractivity contribution in [2.75, 3.05) is 6.54 Å². The Kier molecular flexibility index (Phi) is 3.59. The van der Waals surface area contributed by atoms with Gasteiger partial charge in [-0.2, -0.15) is 0 Å².